The summed E-state index contributed by atoms with van der Waals surface area (Å²) in [6, 6.07) is 3.72. The highest BCUT2D eigenvalue weighted by atomic mass is 79.9. The quantitative estimate of drug-likeness (QED) is 0.616. The van der Waals surface area contributed by atoms with Crippen LogP contribution in [0.5, 0.6) is 0 Å². The molecule has 0 radical (unpaired) electrons. The Morgan fingerprint density at radius 3 is 2.20 bits per heavy atom. The third-order valence-electron chi connectivity index (χ3n) is 2.31. The maximum absolute atomic E-state index is 12.4. The number of methoxy groups -OCH3 is 1. The van der Waals surface area contributed by atoms with E-state index >= 15 is 0 Å². The third kappa shape index (κ3) is 4.22. The van der Waals surface area contributed by atoms with E-state index < -0.39 is 29.8 Å². The lowest BCUT2D eigenvalue weighted by atomic mass is 10.1. The van der Waals surface area contributed by atoms with Gasteiger partial charge in [0.15, 0.2) is 0 Å². The Kier molecular flexibility index (Phi) is 5.55. The molecular weight excluding hydrogens is 345 g/mol. The van der Waals surface area contributed by atoms with Gasteiger partial charge in [0.2, 0.25) is 6.10 Å². The molecule has 1 aromatic carbocycles. The number of ether oxygens (including phenoxy) is 2. The Labute approximate surface area is 121 Å². The van der Waals surface area contributed by atoms with Gasteiger partial charge in [0.05, 0.1) is 12.7 Å². The van der Waals surface area contributed by atoms with Gasteiger partial charge in [-0.25, -0.2) is 4.79 Å². The van der Waals surface area contributed by atoms with Crippen molar-refractivity contribution in [2.75, 3.05) is 12.4 Å². The largest absolute Gasteiger partial charge is 0.466 e. The summed E-state index contributed by atoms with van der Waals surface area (Å²) in [7, 11) is 1.08. The fourth-order valence-corrected chi connectivity index (χ4v) is 1.50. The van der Waals surface area contributed by atoms with Crippen LogP contribution in [0, 0.1) is 0 Å². The maximum Gasteiger partial charge on any atom is 0.416 e. The molecular formula is C12H10BrF3O4. The lowest BCUT2D eigenvalue weighted by Gasteiger charge is -2.16. The molecule has 0 aliphatic carbocycles. The molecule has 0 fully saturated rings. The Bertz CT molecular complexity index is 484. The SMILES string of the molecule is COC(=O)C(OC(=O)CBr)c1ccc(C(F)(F)F)cc1. The van der Waals surface area contributed by atoms with E-state index in [9.17, 15) is 22.8 Å². The zero-order valence-corrected chi connectivity index (χ0v) is 11.8. The van der Waals surface area contributed by atoms with Crippen LogP contribution in [-0.4, -0.2) is 24.4 Å². The van der Waals surface area contributed by atoms with E-state index in [4.69, 9.17) is 4.74 Å². The average Bonchev–Trinajstić information content (AvgIpc) is 2.42. The summed E-state index contributed by atoms with van der Waals surface area (Å²) in [6.45, 7) is 0. The number of carbonyl (C=O) groups is 2. The lowest BCUT2D eigenvalue weighted by molar-refractivity contribution is -0.164. The molecule has 0 spiro atoms. The Morgan fingerprint density at radius 2 is 1.80 bits per heavy atom. The fraction of sp³-hybridized carbons (Fsp3) is 0.333. The minimum Gasteiger partial charge on any atom is -0.466 e. The fourth-order valence-electron chi connectivity index (χ4n) is 1.37. The molecule has 20 heavy (non-hydrogen) atoms. The van der Waals surface area contributed by atoms with Gasteiger partial charge in [-0.2, -0.15) is 13.2 Å². The first-order chi connectivity index (χ1) is 9.29. The normalized spacial score (nSPS) is 12.7. The number of hydrogen-bond acceptors (Lipinski definition) is 4. The second-order valence-corrected chi connectivity index (χ2v) is 4.21. The smallest absolute Gasteiger partial charge is 0.416 e. The molecule has 0 saturated carbocycles. The topological polar surface area (TPSA) is 52.6 Å². The molecule has 110 valence electrons. The molecule has 0 saturated heterocycles. The Morgan fingerprint density at radius 1 is 1.25 bits per heavy atom. The van der Waals surface area contributed by atoms with Crippen LogP contribution in [0.4, 0.5) is 13.2 Å². The van der Waals surface area contributed by atoms with Crippen LogP contribution in [0.15, 0.2) is 24.3 Å². The summed E-state index contributed by atoms with van der Waals surface area (Å²) in [5.41, 5.74) is -0.768. The third-order valence-corrected chi connectivity index (χ3v) is 2.77. The molecule has 1 aromatic rings. The number of rotatable bonds is 4. The van der Waals surface area contributed by atoms with Gasteiger partial charge in [0, 0.05) is 5.56 Å². The van der Waals surface area contributed by atoms with Crippen molar-refractivity contribution in [2.45, 2.75) is 12.3 Å². The van der Waals surface area contributed by atoms with Gasteiger partial charge in [-0.15, -0.1) is 0 Å². The predicted octanol–water partition coefficient (Wildman–Crippen LogP) is 2.86. The van der Waals surface area contributed by atoms with Crippen LogP contribution in [0.3, 0.4) is 0 Å². The number of benzene rings is 1. The van der Waals surface area contributed by atoms with E-state index in [2.05, 4.69) is 20.7 Å². The van der Waals surface area contributed by atoms with Gasteiger partial charge in [-0.1, -0.05) is 28.1 Å². The van der Waals surface area contributed by atoms with Crippen molar-refractivity contribution >= 4 is 27.9 Å². The highest BCUT2D eigenvalue weighted by Crippen LogP contribution is 2.30. The number of carbonyl (C=O) groups excluding carboxylic acids is 2. The molecule has 0 heterocycles. The van der Waals surface area contributed by atoms with Crippen molar-refractivity contribution in [3.63, 3.8) is 0 Å². The zero-order valence-electron chi connectivity index (χ0n) is 10.2. The van der Waals surface area contributed by atoms with Crippen molar-refractivity contribution in [1.29, 1.82) is 0 Å². The number of alkyl halides is 4. The summed E-state index contributed by atoms with van der Waals surface area (Å²) in [5.74, 6) is -1.61. The number of esters is 2. The molecule has 0 amide bonds. The van der Waals surface area contributed by atoms with Crippen LogP contribution < -0.4 is 0 Å². The Hall–Kier alpha value is -1.57. The van der Waals surface area contributed by atoms with Crippen LogP contribution >= 0.6 is 15.9 Å². The predicted molar refractivity (Wildman–Crippen MR) is 66.1 cm³/mol. The van der Waals surface area contributed by atoms with Crippen LogP contribution in [-0.2, 0) is 25.2 Å². The van der Waals surface area contributed by atoms with Crippen LogP contribution in [0.1, 0.15) is 17.2 Å². The van der Waals surface area contributed by atoms with E-state index in [1.54, 1.807) is 0 Å². The first kappa shape index (κ1) is 16.5. The van der Waals surface area contributed by atoms with Crippen molar-refractivity contribution in [3.8, 4) is 0 Å². The van der Waals surface area contributed by atoms with E-state index in [0.29, 0.717) is 0 Å². The van der Waals surface area contributed by atoms with Crippen molar-refractivity contribution in [1.82, 2.24) is 0 Å². The second-order valence-electron chi connectivity index (χ2n) is 3.65. The highest BCUT2D eigenvalue weighted by molar-refractivity contribution is 9.09. The summed E-state index contributed by atoms with van der Waals surface area (Å²) >= 11 is 2.85. The van der Waals surface area contributed by atoms with E-state index in [0.717, 1.165) is 31.4 Å². The first-order valence-corrected chi connectivity index (χ1v) is 6.42. The lowest BCUT2D eigenvalue weighted by Crippen LogP contribution is -2.21. The van der Waals surface area contributed by atoms with Gasteiger partial charge in [0.25, 0.3) is 0 Å². The molecule has 1 unspecified atom stereocenters. The first-order valence-electron chi connectivity index (χ1n) is 5.30. The van der Waals surface area contributed by atoms with E-state index in [1.165, 1.54) is 0 Å². The van der Waals surface area contributed by atoms with Gasteiger partial charge in [0.1, 0.15) is 5.33 Å². The molecule has 8 heteroatoms. The van der Waals surface area contributed by atoms with Gasteiger partial charge in [-0.3, -0.25) is 4.79 Å². The maximum atomic E-state index is 12.4. The zero-order chi connectivity index (χ0) is 15.3. The summed E-state index contributed by atoms with van der Waals surface area (Å²) < 4.78 is 46.6. The Balaban J connectivity index is 3.02. The molecule has 0 aliphatic rings. The van der Waals surface area contributed by atoms with Crippen molar-refractivity contribution in [3.05, 3.63) is 35.4 Å². The molecule has 4 nitrogen and oxygen atoms in total. The van der Waals surface area contributed by atoms with Crippen LogP contribution in [0.25, 0.3) is 0 Å². The minimum atomic E-state index is -4.48. The molecule has 1 atom stereocenters. The van der Waals surface area contributed by atoms with Crippen molar-refractivity contribution in [2.24, 2.45) is 0 Å². The number of halogens is 4. The summed E-state index contributed by atoms with van der Waals surface area (Å²) in [6.07, 6.45) is -5.88. The van der Waals surface area contributed by atoms with Gasteiger partial charge < -0.3 is 9.47 Å². The standard InChI is InChI=1S/C12H10BrF3O4/c1-19-11(18)10(20-9(17)6-13)7-2-4-8(5-3-7)12(14,15)16/h2-5,10H,6H2,1H3. The molecule has 0 N–H and O–H groups in total. The molecule has 0 bridgehead atoms. The number of hydrogen-bond donors (Lipinski definition) is 0. The summed E-state index contributed by atoms with van der Waals surface area (Å²) in [4.78, 5) is 22.7. The van der Waals surface area contributed by atoms with Crippen LogP contribution in [0.2, 0.25) is 0 Å². The molecule has 0 aliphatic heterocycles. The molecule has 0 aromatic heterocycles. The van der Waals surface area contributed by atoms with Gasteiger partial charge in [-0.05, 0) is 12.1 Å². The minimum absolute atomic E-state index is 0.0964. The second kappa shape index (κ2) is 6.74. The van der Waals surface area contributed by atoms with Crippen molar-refractivity contribution < 1.29 is 32.2 Å². The van der Waals surface area contributed by atoms with E-state index in [1.807, 2.05) is 0 Å². The monoisotopic (exact) mass is 354 g/mol. The summed E-state index contributed by atoms with van der Waals surface area (Å²) in [5, 5.41) is -0.152. The molecule has 1 rings (SSSR count). The van der Waals surface area contributed by atoms with E-state index in [-0.39, 0.29) is 10.9 Å². The van der Waals surface area contributed by atoms with Gasteiger partial charge >= 0.3 is 18.1 Å². The highest BCUT2D eigenvalue weighted by Gasteiger charge is 2.31. The average molecular weight is 355 g/mol.